The number of hydrogen-bond acceptors (Lipinski definition) is 3. The third kappa shape index (κ3) is 5.53. The largest absolute Gasteiger partial charge is 0.465 e. The van der Waals surface area contributed by atoms with E-state index in [1.807, 2.05) is 19.9 Å². The summed E-state index contributed by atoms with van der Waals surface area (Å²) in [6.07, 6.45) is 2.96. The fraction of sp³-hybridized carbons (Fsp3) is 0.130. The van der Waals surface area contributed by atoms with Crippen LogP contribution in [0.1, 0.15) is 32.8 Å². The second-order valence-electron chi connectivity index (χ2n) is 6.75. The van der Waals surface area contributed by atoms with Gasteiger partial charge in [0.25, 0.3) is 11.8 Å². The van der Waals surface area contributed by atoms with E-state index < -0.39 is 11.8 Å². The molecule has 0 atom stereocenters. The lowest BCUT2D eigenvalue weighted by Crippen LogP contribution is -2.34. The van der Waals surface area contributed by atoms with Crippen molar-refractivity contribution in [1.82, 2.24) is 10.6 Å². The first-order valence-corrected chi connectivity index (χ1v) is 9.95. The number of rotatable bonds is 6. The van der Waals surface area contributed by atoms with Crippen LogP contribution in [-0.2, 0) is 11.3 Å². The number of furan rings is 1. The molecular formula is C23H20Cl2N2O3. The Morgan fingerprint density at radius 3 is 2.50 bits per heavy atom. The third-order valence-corrected chi connectivity index (χ3v) is 5.13. The van der Waals surface area contributed by atoms with Crippen LogP contribution in [0.5, 0.6) is 0 Å². The molecule has 2 aromatic carbocycles. The van der Waals surface area contributed by atoms with E-state index in [2.05, 4.69) is 10.6 Å². The number of hydrogen-bond donors (Lipinski definition) is 2. The predicted molar refractivity (Wildman–Crippen MR) is 118 cm³/mol. The van der Waals surface area contributed by atoms with Gasteiger partial charge in [-0.15, -0.1) is 0 Å². The lowest BCUT2D eigenvalue weighted by Gasteiger charge is -2.12. The molecule has 0 aliphatic rings. The highest BCUT2D eigenvalue weighted by Gasteiger charge is 2.16. The number of benzene rings is 2. The van der Waals surface area contributed by atoms with E-state index >= 15 is 0 Å². The van der Waals surface area contributed by atoms with Crippen molar-refractivity contribution in [1.29, 1.82) is 0 Å². The van der Waals surface area contributed by atoms with E-state index in [-0.39, 0.29) is 12.2 Å². The van der Waals surface area contributed by atoms with Gasteiger partial charge in [-0.05, 0) is 66.9 Å². The monoisotopic (exact) mass is 442 g/mol. The molecule has 0 saturated heterocycles. The van der Waals surface area contributed by atoms with E-state index in [1.54, 1.807) is 42.5 Å². The molecule has 1 aromatic heterocycles. The maximum atomic E-state index is 12.8. The zero-order valence-corrected chi connectivity index (χ0v) is 18.0. The maximum Gasteiger partial charge on any atom is 0.268 e. The maximum absolute atomic E-state index is 12.8. The second kappa shape index (κ2) is 9.65. The quantitative estimate of drug-likeness (QED) is 0.509. The van der Waals surface area contributed by atoms with Crippen LogP contribution in [0.15, 0.2) is 64.9 Å². The smallest absolute Gasteiger partial charge is 0.268 e. The zero-order chi connectivity index (χ0) is 21.7. The molecule has 0 spiro atoms. The predicted octanol–water partition coefficient (Wildman–Crippen LogP) is 5.29. The summed E-state index contributed by atoms with van der Waals surface area (Å²) in [7, 11) is 0. The molecule has 1 heterocycles. The van der Waals surface area contributed by atoms with Gasteiger partial charge < -0.3 is 15.1 Å². The highest BCUT2D eigenvalue weighted by Crippen LogP contribution is 2.21. The van der Waals surface area contributed by atoms with Crippen molar-refractivity contribution >= 4 is 41.1 Å². The van der Waals surface area contributed by atoms with Crippen molar-refractivity contribution in [2.24, 2.45) is 0 Å². The normalized spacial score (nSPS) is 11.3. The Kier molecular flexibility index (Phi) is 6.98. The Balaban J connectivity index is 1.79. The number of aryl methyl sites for hydroxylation is 2. The number of carbonyl (C=O) groups excluding carboxylic acids is 2. The average Bonchev–Trinajstić information content (AvgIpc) is 3.21. The Labute approximate surface area is 184 Å². The van der Waals surface area contributed by atoms with Gasteiger partial charge in [0.15, 0.2) is 0 Å². The molecule has 0 unspecified atom stereocenters. The number of halogens is 2. The van der Waals surface area contributed by atoms with Gasteiger partial charge in [0.1, 0.15) is 11.5 Å². The van der Waals surface area contributed by atoms with Crippen LogP contribution in [0.3, 0.4) is 0 Å². The van der Waals surface area contributed by atoms with Gasteiger partial charge in [-0.25, -0.2) is 0 Å². The van der Waals surface area contributed by atoms with Crippen molar-refractivity contribution < 1.29 is 14.0 Å². The van der Waals surface area contributed by atoms with Crippen molar-refractivity contribution in [3.63, 3.8) is 0 Å². The highest BCUT2D eigenvalue weighted by atomic mass is 35.5. The summed E-state index contributed by atoms with van der Waals surface area (Å²) in [6, 6.07) is 13.8. The minimum atomic E-state index is -0.477. The molecular weight excluding hydrogens is 423 g/mol. The molecule has 0 aliphatic carbocycles. The van der Waals surface area contributed by atoms with Crippen molar-refractivity contribution in [2.75, 3.05) is 0 Å². The van der Waals surface area contributed by atoms with Crippen LogP contribution in [-0.4, -0.2) is 11.8 Å². The van der Waals surface area contributed by atoms with E-state index in [0.29, 0.717) is 26.9 Å². The molecule has 30 heavy (non-hydrogen) atoms. The summed E-state index contributed by atoms with van der Waals surface area (Å²) in [5, 5.41) is 6.38. The number of amides is 2. The van der Waals surface area contributed by atoms with Crippen LogP contribution in [0.25, 0.3) is 6.08 Å². The minimum Gasteiger partial charge on any atom is -0.465 e. The van der Waals surface area contributed by atoms with Gasteiger partial charge in [0.2, 0.25) is 0 Å². The average molecular weight is 443 g/mol. The molecule has 0 saturated carbocycles. The van der Waals surface area contributed by atoms with E-state index in [4.69, 9.17) is 27.6 Å². The first kappa shape index (κ1) is 21.7. The summed E-state index contributed by atoms with van der Waals surface area (Å²) in [5.41, 5.74) is 3.28. The van der Waals surface area contributed by atoms with E-state index in [1.165, 1.54) is 12.3 Å². The van der Waals surface area contributed by atoms with Crippen LogP contribution in [0, 0.1) is 13.8 Å². The number of nitrogens with one attached hydrogen (secondary N) is 2. The van der Waals surface area contributed by atoms with Gasteiger partial charge >= 0.3 is 0 Å². The minimum absolute atomic E-state index is 0.0539. The Morgan fingerprint density at radius 2 is 1.83 bits per heavy atom. The molecule has 0 radical (unpaired) electrons. The third-order valence-electron chi connectivity index (χ3n) is 4.55. The van der Waals surface area contributed by atoms with Crippen LogP contribution >= 0.6 is 23.2 Å². The summed E-state index contributed by atoms with van der Waals surface area (Å²) in [4.78, 5) is 25.5. The van der Waals surface area contributed by atoms with Gasteiger partial charge in [-0.1, -0.05) is 35.3 Å². The first-order chi connectivity index (χ1) is 14.3. The summed E-state index contributed by atoms with van der Waals surface area (Å²) < 4.78 is 5.29. The molecule has 0 fully saturated rings. The summed E-state index contributed by atoms with van der Waals surface area (Å²) >= 11 is 12.1. The van der Waals surface area contributed by atoms with Gasteiger partial charge in [0.05, 0.1) is 6.26 Å². The van der Waals surface area contributed by atoms with Gasteiger partial charge in [-0.2, -0.15) is 0 Å². The standard InChI is InChI=1S/C23H20Cl2N2O3/c1-14-5-6-16(10-15(14)2)22(28)27-21(12-19-4-3-9-30-19)23(29)26-13-17-7-8-18(24)11-20(17)25/h3-12H,13H2,1-2H3,(H,26,29)(H,27,28). The Hall–Kier alpha value is -3.02. The van der Waals surface area contributed by atoms with Crippen molar-refractivity contribution in [3.05, 3.63) is 98.6 Å². The molecule has 0 bridgehead atoms. The molecule has 2 N–H and O–H groups in total. The number of carbonyl (C=O) groups is 2. The molecule has 7 heteroatoms. The van der Waals surface area contributed by atoms with E-state index in [0.717, 1.165) is 11.1 Å². The molecule has 2 amide bonds. The first-order valence-electron chi connectivity index (χ1n) is 9.19. The van der Waals surface area contributed by atoms with Crippen LogP contribution in [0.4, 0.5) is 0 Å². The Morgan fingerprint density at radius 1 is 1.03 bits per heavy atom. The lowest BCUT2D eigenvalue weighted by atomic mass is 10.1. The summed E-state index contributed by atoms with van der Waals surface area (Å²) in [5.74, 6) is -0.435. The Bertz CT molecular complexity index is 1110. The van der Waals surface area contributed by atoms with Gasteiger partial charge in [0, 0.05) is 28.2 Å². The van der Waals surface area contributed by atoms with Crippen LogP contribution in [0.2, 0.25) is 10.0 Å². The molecule has 154 valence electrons. The fourth-order valence-corrected chi connectivity index (χ4v) is 3.16. The van der Waals surface area contributed by atoms with Crippen molar-refractivity contribution in [2.45, 2.75) is 20.4 Å². The van der Waals surface area contributed by atoms with Gasteiger partial charge in [-0.3, -0.25) is 9.59 Å². The second-order valence-corrected chi connectivity index (χ2v) is 7.59. The van der Waals surface area contributed by atoms with Crippen LogP contribution < -0.4 is 10.6 Å². The lowest BCUT2D eigenvalue weighted by molar-refractivity contribution is -0.117. The zero-order valence-electron chi connectivity index (χ0n) is 16.5. The molecule has 3 rings (SSSR count). The summed E-state index contributed by atoms with van der Waals surface area (Å²) in [6.45, 7) is 4.06. The highest BCUT2D eigenvalue weighted by molar-refractivity contribution is 6.35. The van der Waals surface area contributed by atoms with E-state index in [9.17, 15) is 9.59 Å². The SMILES string of the molecule is Cc1ccc(C(=O)NC(=Cc2ccco2)C(=O)NCc2ccc(Cl)cc2Cl)cc1C. The molecule has 0 aliphatic heterocycles. The van der Waals surface area contributed by atoms with Crippen molar-refractivity contribution in [3.8, 4) is 0 Å². The molecule has 5 nitrogen and oxygen atoms in total. The molecule has 3 aromatic rings. The fourth-order valence-electron chi connectivity index (χ4n) is 2.69. The topological polar surface area (TPSA) is 71.3 Å².